The summed E-state index contributed by atoms with van der Waals surface area (Å²) in [5.74, 6) is 0.454. The molecule has 0 aliphatic heterocycles. The number of ether oxygens (including phenoxy) is 1. The number of nitrogens with zero attached hydrogens (tertiary/aromatic N) is 1. The number of hydrogen-bond donors (Lipinski definition) is 1. The summed E-state index contributed by atoms with van der Waals surface area (Å²) in [6.07, 6.45) is 4.54. The average Bonchev–Trinajstić information content (AvgIpc) is 3.26. The van der Waals surface area contributed by atoms with Gasteiger partial charge in [0.05, 0.1) is 6.61 Å². The molecule has 0 aromatic heterocycles. The van der Waals surface area contributed by atoms with Crippen molar-refractivity contribution in [1.29, 1.82) is 5.26 Å². The number of nitrogens with one attached hydrogen (secondary N) is 1. The van der Waals surface area contributed by atoms with Crippen molar-refractivity contribution in [2.45, 2.75) is 32.2 Å². The molecule has 104 valence electrons. The van der Waals surface area contributed by atoms with Gasteiger partial charge >= 0.3 is 0 Å². The van der Waals surface area contributed by atoms with Crippen molar-refractivity contribution < 1.29 is 9.53 Å². The molecule has 1 aromatic carbocycles. The first-order chi connectivity index (χ1) is 9.72. The maximum absolute atomic E-state index is 11.9. The van der Waals surface area contributed by atoms with Gasteiger partial charge in [-0.05, 0) is 43.0 Å². The summed E-state index contributed by atoms with van der Waals surface area (Å²) >= 11 is 0. The Balaban J connectivity index is 2.10. The van der Waals surface area contributed by atoms with Crippen molar-refractivity contribution in [3.63, 3.8) is 0 Å². The Labute approximate surface area is 119 Å². The van der Waals surface area contributed by atoms with Crippen LogP contribution in [0.25, 0.3) is 6.08 Å². The molecule has 1 fully saturated rings. The smallest absolute Gasteiger partial charge is 0.262 e. The molecular weight excluding hydrogens is 252 g/mol. The van der Waals surface area contributed by atoms with Crippen molar-refractivity contribution in [3.05, 3.63) is 35.4 Å². The molecule has 1 N–H and O–H groups in total. The molecule has 0 atom stereocenters. The van der Waals surface area contributed by atoms with Gasteiger partial charge in [0.2, 0.25) is 0 Å². The summed E-state index contributed by atoms with van der Waals surface area (Å²) in [5.41, 5.74) is 0.922. The zero-order valence-corrected chi connectivity index (χ0v) is 11.6. The number of carbonyl (C=O) groups excluding carboxylic acids is 1. The summed E-state index contributed by atoms with van der Waals surface area (Å²) in [4.78, 5) is 11.9. The molecule has 1 aliphatic rings. The van der Waals surface area contributed by atoms with E-state index < -0.39 is 0 Å². The Hall–Kier alpha value is -2.28. The van der Waals surface area contributed by atoms with E-state index in [4.69, 9.17) is 10.00 Å². The Morgan fingerprint density at radius 1 is 1.55 bits per heavy atom. The van der Waals surface area contributed by atoms with Crippen molar-refractivity contribution in [2.75, 3.05) is 6.61 Å². The highest BCUT2D eigenvalue weighted by molar-refractivity contribution is 6.01. The number of hydrogen-bond acceptors (Lipinski definition) is 3. The molecule has 0 unspecified atom stereocenters. The van der Waals surface area contributed by atoms with E-state index in [0.29, 0.717) is 6.61 Å². The maximum atomic E-state index is 11.9. The van der Waals surface area contributed by atoms with E-state index in [0.717, 1.165) is 30.6 Å². The molecule has 0 radical (unpaired) electrons. The van der Waals surface area contributed by atoms with Crippen molar-refractivity contribution in [2.24, 2.45) is 0 Å². The molecular formula is C16H18N2O2. The van der Waals surface area contributed by atoms with Crippen LogP contribution in [0.1, 0.15) is 31.7 Å². The summed E-state index contributed by atoms with van der Waals surface area (Å²) in [6, 6.07) is 9.60. The van der Waals surface area contributed by atoms with Gasteiger partial charge in [-0.25, -0.2) is 0 Å². The molecule has 20 heavy (non-hydrogen) atoms. The van der Waals surface area contributed by atoms with E-state index in [9.17, 15) is 4.79 Å². The summed E-state index contributed by atoms with van der Waals surface area (Å²) in [5, 5.41) is 11.9. The fraction of sp³-hybridized carbons (Fsp3) is 0.375. The Morgan fingerprint density at radius 3 is 3.00 bits per heavy atom. The van der Waals surface area contributed by atoms with Gasteiger partial charge in [-0.2, -0.15) is 5.26 Å². The number of benzene rings is 1. The maximum Gasteiger partial charge on any atom is 0.262 e. The molecule has 0 heterocycles. The number of carbonyl (C=O) groups is 1. The quantitative estimate of drug-likeness (QED) is 0.638. The highest BCUT2D eigenvalue weighted by Gasteiger charge is 2.24. The molecule has 1 amide bonds. The second-order valence-electron chi connectivity index (χ2n) is 4.84. The predicted molar refractivity (Wildman–Crippen MR) is 77.0 cm³/mol. The van der Waals surface area contributed by atoms with Gasteiger partial charge in [0.25, 0.3) is 5.91 Å². The van der Waals surface area contributed by atoms with Gasteiger partial charge in [0.15, 0.2) is 0 Å². The molecule has 0 spiro atoms. The van der Waals surface area contributed by atoms with Crippen LogP contribution in [0.4, 0.5) is 0 Å². The van der Waals surface area contributed by atoms with Crippen molar-refractivity contribution in [1.82, 2.24) is 5.32 Å². The monoisotopic (exact) mass is 270 g/mol. The highest BCUT2D eigenvalue weighted by Crippen LogP contribution is 2.20. The third-order valence-corrected chi connectivity index (χ3v) is 2.92. The average molecular weight is 270 g/mol. The molecule has 1 saturated carbocycles. The highest BCUT2D eigenvalue weighted by atomic mass is 16.5. The lowest BCUT2D eigenvalue weighted by Crippen LogP contribution is -2.26. The topological polar surface area (TPSA) is 62.1 Å². The molecule has 1 aromatic rings. The number of nitriles is 1. The van der Waals surface area contributed by atoms with Crippen LogP contribution in [0, 0.1) is 11.3 Å². The van der Waals surface area contributed by atoms with Gasteiger partial charge in [0, 0.05) is 6.04 Å². The van der Waals surface area contributed by atoms with Crippen LogP contribution in [0.5, 0.6) is 5.75 Å². The van der Waals surface area contributed by atoms with E-state index in [-0.39, 0.29) is 17.5 Å². The minimum absolute atomic E-state index is 0.129. The van der Waals surface area contributed by atoms with E-state index >= 15 is 0 Å². The van der Waals surface area contributed by atoms with E-state index in [1.54, 1.807) is 6.08 Å². The number of rotatable bonds is 6. The van der Waals surface area contributed by atoms with Gasteiger partial charge < -0.3 is 10.1 Å². The van der Waals surface area contributed by atoms with Crippen LogP contribution in [-0.4, -0.2) is 18.6 Å². The minimum Gasteiger partial charge on any atom is -0.494 e. The van der Waals surface area contributed by atoms with Gasteiger partial charge in [-0.15, -0.1) is 0 Å². The third kappa shape index (κ3) is 4.13. The van der Waals surface area contributed by atoms with Crippen LogP contribution in [0.3, 0.4) is 0 Å². The van der Waals surface area contributed by atoms with Crippen molar-refractivity contribution in [3.8, 4) is 11.8 Å². The molecule has 2 rings (SSSR count). The van der Waals surface area contributed by atoms with Gasteiger partial charge in [-0.1, -0.05) is 19.1 Å². The van der Waals surface area contributed by atoms with Crippen LogP contribution in [0.15, 0.2) is 29.8 Å². The zero-order valence-electron chi connectivity index (χ0n) is 11.6. The fourth-order valence-electron chi connectivity index (χ4n) is 1.72. The first-order valence-corrected chi connectivity index (χ1v) is 6.88. The summed E-state index contributed by atoms with van der Waals surface area (Å²) in [7, 11) is 0. The Morgan fingerprint density at radius 2 is 2.35 bits per heavy atom. The SMILES string of the molecule is CCCOc1cccc(C=C(C#N)C(=O)NC2CC2)c1. The lowest BCUT2D eigenvalue weighted by atomic mass is 10.1. The minimum atomic E-state index is -0.296. The molecule has 4 nitrogen and oxygen atoms in total. The molecule has 4 heteroatoms. The van der Waals surface area contributed by atoms with Gasteiger partial charge in [0.1, 0.15) is 17.4 Å². The Kier molecular flexibility index (Phi) is 4.78. The first-order valence-electron chi connectivity index (χ1n) is 6.88. The molecule has 0 bridgehead atoms. The van der Waals surface area contributed by atoms with Crippen molar-refractivity contribution >= 4 is 12.0 Å². The third-order valence-electron chi connectivity index (χ3n) is 2.92. The van der Waals surface area contributed by atoms with E-state index in [1.807, 2.05) is 37.3 Å². The standard InChI is InChI=1S/C16H18N2O2/c1-2-8-20-15-5-3-4-12(10-15)9-13(11-17)16(19)18-14-6-7-14/h3-5,9-10,14H,2,6-8H2,1H3,(H,18,19). The lowest BCUT2D eigenvalue weighted by molar-refractivity contribution is -0.117. The van der Waals surface area contributed by atoms with Crippen LogP contribution in [0.2, 0.25) is 0 Å². The molecule has 0 saturated heterocycles. The summed E-state index contributed by atoms with van der Waals surface area (Å²) in [6.45, 7) is 2.69. The Bertz CT molecular complexity index is 554. The van der Waals surface area contributed by atoms with Gasteiger partial charge in [-0.3, -0.25) is 4.79 Å². The molecule has 1 aliphatic carbocycles. The lowest BCUT2D eigenvalue weighted by Gasteiger charge is -2.05. The second kappa shape index (κ2) is 6.76. The van der Waals surface area contributed by atoms with Crippen LogP contribution in [-0.2, 0) is 4.79 Å². The van der Waals surface area contributed by atoms with E-state index in [1.165, 1.54) is 0 Å². The normalized spacial score (nSPS) is 14.5. The summed E-state index contributed by atoms with van der Waals surface area (Å²) < 4.78 is 5.53. The first kappa shape index (κ1) is 14.1. The van der Waals surface area contributed by atoms with E-state index in [2.05, 4.69) is 5.32 Å². The largest absolute Gasteiger partial charge is 0.494 e. The van der Waals surface area contributed by atoms with Crippen LogP contribution < -0.4 is 10.1 Å². The second-order valence-corrected chi connectivity index (χ2v) is 4.84. The number of amides is 1. The zero-order chi connectivity index (χ0) is 14.4. The fourth-order valence-corrected chi connectivity index (χ4v) is 1.72. The van der Waals surface area contributed by atoms with Crippen LogP contribution >= 0.6 is 0 Å². The predicted octanol–water partition coefficient (Wildman–Crippen LogP) is 2.66.